The monoisotopic (exact) mass is 278 g/mol. The van der Waals surface area contributed by atoms with Gasteiger partial charge in [-0.15, -0.1) is 0 Å². The lowest BCUT2D eigenvalue weighted by Crippen LogP contribution is -1.85. The molecule has 92 valence electrons. The van der Waals surface area contributed by atoms with Crippen LogP contribution in [0.1, 0.15) is 12.5 Å². The van der Waals surface area contributed by atoms with Crippen molar-refractivity contribution in [3.8, 4) is 16.9 Å². The summed E-state index contributed by atoms with van der Waals surface area (Å²) in [4.78, 5) is 0. The van der Waals surface area contributed by atoms with Crippen molar-refractivity contribution in [1.29, 1.82) is 0 Å². The van der Waals surface area contributed by atoms with Gasteiger partial charge in [0.1, 0.15) is 5.75 Å². The Hall–Kier alpha value is -1.44. The summed E-state index contributed by atoms with van der Waals surface area (Å²) < 4.78 is 0. The number of aromatic hydroxyl groups is 1. The van der Waals surface area contributed by atoms with E-state index in [0.717, 1.165) is 11.1 Å². The second-order valence-electron chi connectivity index (χ2n) is 3.84. The van der Waals surface area contributed by atoms with Gasteiger partial charge in [0.25, 0.3) is 0 Å². The zero-order valence-corrected chi connectivity index (χ0v) is 11.3. The average Bonchev–Trinajstić information content (AvgIpc) is 2.35. The van der Waals surface area contributed by atoms with Gasteiger partial charge in [-0.1, -0.05) is 53.6 Å². The van der Waals surface area contributed by atoms with Crippen LogP contribution in [0.2, 0.25) is 10.0 Å². The summed E-state index contributed by atoms with van der Waals surface area (Å²) in [5.74, 6) is 0.147. The summed E-state index contributed by atoms with van der Waals surface area (Å²) in [6, 6.07) is 10.8. The van der Waals surface area contributed by atoms with Crippen molar-refractivity contribution < 1.29 is 5.11 Å². The summed E-state index contributed by atoms with van der Waals surface area (Å²) in [6.07, 6.45) is 3.69. The van der Waals surface area contributed by atoms with E-state index < -0.39 is 0 Å². The summed E-state index contributed by atoms with van der Waals surface area (Å²) in [5, 5.41) is 11.3. The first-order valence-corrected chi connectivity index (χ1v) is 6.29. The highest BCUT2D eigenvalue weighted by Gasteiger charge is 2.14. The number of hydrogen-bond donors (Lipinski definition) is 1. The number of halogens is 2. The molecule has 2 aromatic carbocycles. The van der Waals surface area contributed by atoms with Crippen LogP contribution in [0.4, 0.5) is 0 Å². The molecule has 0 fully saturated rings. The van der Waals surface area contributed by atoms with Crippen LogP contribution in [0.5, 0.6) is 5.75 Å². The Balaban J connectivity index is 2.71. The normalized spacial score (nSPS) is 11.1. The second-order valence-corrected chi connectivity index (χ2v) is 4.65. The summed E-state index contributed by atoms with van der Waals surface area (Å²) in [7, 11) is 0. The molecule has 0 atom stereocenters. The van der Waals surface area contributed by atoms with Crippen LogP contribution in [-0.4, -0.2) is 5.11 Å². The third-order valence-corrected chi connectivity index (χ3v) is 3.29. The van der Waals surface area contributed by atoms with Crippen molar-refractivity contribution in [2.24, 2.45) is 0 Å². The molecule has 0 spiro atoms. The Labute approximate surface area is 116 Å². The van der Waals surface area contributed by atoms with Crippen LogP contribution in [0.25, 0.3) is 17.2 Å². The SMILES string of the molecule is CC=Cc1ccc(Cl)c(-c2ccccc2Cl)c1O. The molecule has 1 nitrogen and oxygen atoms in total. The fourth-order valence-electron chi connectivity index (χ4n) is 1.82. The molecule has 18 heavy (non-hydrogen) atoms. The molecule has 0 saturated heterocycles. The summed E-state index contributed by atoms with van der Waals surface area (Å²) in [6.45, 7) is 1.89. The number of rotatable bonds is 2. The van der Waals surface area contributed by atoms with E-state index in [1.807, 2.05) is 37.3 Å². The number of phenolic OH excluding ortho intramolecular Hbond substituents is 1. The quantitative estimate of drug-likeness (QED) is 0.780. The van der Waals surface area contributed by atoms with Crippen molar-refractivity contribution in [2.75, 3.05) is 0 Å². The Bertz CT molecular complexity index is 603. The molecular formula is C15H12Cl2O. The molecule has 0 aliphatic heterocycles. The molecule has 0 bridgehead atoms. The number of benzene rings is 2. The smallest absolute Gasteiger partial charge is 0.132 e. The first kappa shape index (κ1) is 13.0. The third-order valence-electron chi connectivity index (χ3n) is 2.65. The third kappa shape index (κ3) is 2.38. The van der Waals surface area contributed by atoms with Gasteiger partial charge in [-0.2, -0.15) is 0 Å². The first-order valence-electron chi connectivity index (χ1n) is 5.54. The zero-order chi connectivity index (χ0) is 13.1. The molecule has 0 aliphatic rings. The maximum absolute atomic E-state index is 10.3. The van der Waals surface area contributed by atoms with Crippen molar-refractivity contribution in [3.63, 3.8) is 0 Å². The van der Waals surface area contributed by atoms with Crippen LogP contribution >= 0.6 is 23.2 Å². The molecule has 0 amide bonds. The van der Waals surface area contributed by atoms with Gasteiger partial charge in [-0.3, -0.25) is 0 Å². The van der Waals surface area contributed by atoms with E-state index in [4.69, 9.17) is 23.2 Å². The highest BCUT2D eigenvalue weighted by molar-refractivity contribution is 6.37. The van der Waals surface area contributed by atoms with E-state index in [9.17, 15) is 5.11 Å². The molecule has 0 heterocycles. The second kappa shape index (κ2) is 5.47. The van der Waals surface area contributed by atoms with Crippen molar-refractivity contribution >= 4 is 29.3 Å². The van der Waals surface area contributed by atoms with E-state index in [1.54, 1.807) is 18.2 Å². The molecule has 2 aromatic rings. The molecule has 0 aliphatic carbocycles. The lowest BCUT2D eigenvalue weighted by atomic mass is 10.0. The van der Waals surface area contributed by atoms with Gasteiger partial charge >= 0.3 is 0 Å². The van der Waals surface area contributed by atoms with Gasteiger partial charge in [0.15, 0.2) is 0 Å². The maximum Gasteiger partial charge on any atom is 0.132 e. The van der Waals surface area contributed by atoms with Crippen LogP contribution < -0.4 is 0 Å². The van der Waals surface area contributed by atoms with E-state index in [1.165, 1.54) is 0 Å². The van der Waals surface area contributed by atoms with Gasteiger partial charge in [-0.05, 0) is 25.1 Å². The minimum atomic E-state index is 0.147. The Morgan fingerprint density at radius 1 is 1.00 bits per heavy atom. The fraction of sp³-hybridized carbons (Fsp3) is 0.0667. The van der Waals surface area contributed by atoms with Crippen LogP contribution in [0.15, 0.2) is 42.5 Å². The Morgan fingerprint density at radius 3 is 2.39 bits per heavy atom. The molecule has 0 aromatic heterocycles. The van der Waals surface area contributed by atoms with E-state index in [-0.39, 0.29) is 5.75 Å². The molecule has 3 heteroatoms. The summed E-state index contributed by atoms with van der Waals surface area (Å²) >= 11 is 12.3. The minimum Gasteiger partial charge on any atom is -0.507 e. The molecule has 0 unspecified atom stereocenters. The highest BCUT2D eigenvalue weighted by Crippen LogP contribution is 2.41. The Morgan fingerprint density at radius 2 is 1.72 bits per heavy atom. The lowest BCUT2D eigenvalue weighted by Gasteiger charge is -2.11. The van der Waals surface area contributed by atoms with Crippen LogP contribution in [-0.2, 0) is 0 Å². The van der Waals surface area contributed by atoms with E-state index >= 15 is 0 Å². The topological polar surface area (TPSA) is 20.2 Å². The predicted molar refractivity (Wildman–Crippen MR) is 78.3 cm³/mol. The van der Waals surface area contributed by atoms with Crippen molar-refractivity contribution in [3.05, 3.63) is 58.1 Å². The maximum atomic E-state index is 10.3. The molecule has 2 rings (SSSR count). The van der Waals surface area contributed by atoms with E-state index in [2.05, 4.69) is 0 Å². The van der Waals surface area contributed by atoms with Crippen molar-refractivity contribution in [2.45, 2.75) is 6.92 Å². The van der Waals surface area contributed by atoms with E-state index in [0.29, 0.717) is 15.6 Å². The molecule has 0 radical (unpaired) electrons. The molecular weight excluding hydrogens is 267 g/mol. The largest absolute Gasteiger partial charge is 0.507 e. The van der Waals surface area contributed by atoms with Crippen LogP contribution in [0, 0.1) is 0 Å². The lowest BCUT2D eigenvalue weighted by molar-refractivity contribution is 0.476. The minimum absolute atomic E-state index is 0.147. The summed E-state index contributed by atoms with van der Waals surface area (Å²) in [5.41, 5.74) is 2.02. The van der Waals surface area contributed by atoms with Gasteiger partial charge in [0.2, 0.25) is 0 Å². The van der Waals surface area contributed by atoms with Gasteiger partial charge in [-0.25, -0.2) is 0 Å². The Kier molecular flexibility index (Phi) is 3.95. The standard InChI is InChI=1S/C15H12Cl2O/c1-2-5-10-8-9-13(17)14(15(10)18)11-6-3-4-7-12(11)16/h2-9,18H,1H3. The first-order chi connectivity index (χ1) is 8.65. The fourth-order valence-corrected chi connectivity index (χ4v) is 2.30. The molecule has 1 N–H and O–H groups in total. The number of allylic oxidation sites excluding steroid dienone is 1. The van der Waals surface area contributed by atoms with Gasteiger partial charge in [0.05, 0.1) is 5.02 Å². The highest BCUT2D eigenvalue weighted by atomic mass is 35.5. The van der Waals surface area contributed by atoms with Gasteiger partial charge in [0, 0.05) is 21.7 Å². The molecule has 0 saturated carbocycles. The van der Waals surface area contributed by atoms with Gasteiger partial charge < -0.3 is 5.11 Å². The number of phenols is 1. The average molecular weight is 279 g/mol. The zero-order valence-electron chi connectivity index (χ0n) is 9.82. The predicted octanol–water partition coefficient (Wildman–Crippen LogP) is 5.40. The van der Waals surface area contributed by atoms with Crippen molar-refractivity contribution in [1.82, 2.24) is 0 Å². The van der Waals surface area contributed by atoms with Crippen LogP contribution in [0.3, 0.4) is 0 Å². The number of hydrogen-bond acceptors (Lipinski definition) is 1.